The molecule has 0 atom stereocenters. The first-order chi connectivity index (χ1) is 9.66. The highest BCUT2D eigenvalue weighted by Crippen LogP contribution is 2.36. The van der Waals surface area contributed by atoms with Crippen LogP contribution in [-0.4, -0.2) is 11.7 Å². The van der Waals surface area contributed by atoms with Crippen LogP contribution in [0.4, 0.5) is 5.69 Å². The summed E-state index contributed by atoms with van der Waals surface area (Å²) in [5, 5.41) is 2.75. The standard InChI is InChI=1S/C17H15NO2/c1-11(19)18-15-9-7-13(12-5-3-2-4-6-12)14-8-10-16(20)17(14)15/h2-7,9H,8,10H2,1H3,(H,18,19). The molecule has 0 spiro atoms. The third-order valence-corrected chi connectivity index (χ3v) is 3.59. The van der Waals surface area contributed by atoms with Gasteiger partial charge < -0.3 is 5.32 Å². The Bertz CT molecular complexity index is 690. The van der Waals surface area contributed by atoms with Gasteiger partial charge in [-0.2, -0.15) is 0 Å². The second-order valence-corrected chi connectivity index (χ2v) is 4.98. The first-order valence-electron chi connectivity index (χ1n) is 6.69. The number of Topliss-reactive ketones (excluding diaryl/α,β-unsaturated/α-hetero) is 1. The van der Waals surface area contributed by atoms with Crippen LogP contribution in [0.15, 0.2) is 42.5 Å². The maximum atomic E-state index is 12.1. The molecule has 100 valence electrons. The van der Waals surface area contributed by atoms with Crippen molar-refractivity contribution in [3.05, 3.63) is 53.6 Å². The molecule has 0 saturated heterocycles. The normalized spacial score (nSPS) is 13.2. The quantitative estimate of drug-likeness (QED) is 0.904. The first kappa shape index (κ1) is 12.6. The molecule has 0 aromatic heterocycles. The van der Waals surface area contributed by atoms with Gasteiger partial charge in [0.25, 0.3) is 0 Å². The van der Waals surface area contributed by atoms with Crippen molar-refractivity contribution in [3.63, 3.8) is 0 Å². The fourth-order valence-electron chi connectivity index (χ4n) is 2.77. The molecule has 3 heteroatoms. The number of carbonyl (C=O) groups is 2. The van der Waals surface area contributed by atoms with E-state index in [1.807, 2.05) is 42.5 Å². The van der Waals surface area contributed by atoms with Gasteiger partial charge in [-0.05, 0) is 29.2 Å². The zero-order valence-electron chi connectivity index (χ0n) is 11.3. The Hall–Kier alpha value is -2.42. The maximum Gasteiger partial charge on any atom is 0.221 e. The number of amides is 1. The summed E-state index contributed by atoms with van der Waals surface area (Å²) in [6, 6.07) is 13.8. The second-order valence-electron chi connectivity index (χ2n) is 4.98. The number of hydrogen-bond acceptors (Lipinski definition) is 2. The zero-order chi connectivity index (χ0) is 14.1. The highest BCUT2D eigenvalue weighted by Gasteiger charge is 2.26. The summed E-state index contributed by atoms with van der Waals surface area (Å²) < 4.78 is 0. The number of hydrogen-bond donors (Lipinski definition) is 1. The molecule has 2 aromatic carbocycles. The number of ketones is 1. The predicted octanol–water partition coefficient (Wildman–Crippen LogP) is 3.44. The van der Waals surface area contributed by atoms with Crippen molar-refractivity contribution in [3.8, 4) is 11.1 Å². The van der Waals surface area contributed by atoms with E-state index in [-0.39, 0.29) is 11.7 Å². The van der Waals surface area contributed by atoms with E-state index in [0.29, 0.717) is 17.7 Å². The summed E-state index contributed by atoms with van der Waals surface area (Å²) in [6.07, 6.45) is 1.26. The van der Waals surface area contributed by atoms with Gasteiger partial charge in [-0.15, -0.1) is 0 Å². The summed E-state index contributed by atoms with van der Waals surface area (Å²) in [4.78, 5) is 23.4. The van der Waals surface area contributed by atoms with Crippen molar-refractivity contribution in [2.75, 3.05) is 5.32 Å². The average molecular weight is 265 g/mol. The van der Waals surface area contributed by atoms with E-state index in [9.17, 15) is 9.59 Å². The van der Waals surface area contributed by atoms with Crippen molar-refractivity contribution < 1.29 is 9.59 Å². The van der Waals surface area contributed by atoms with Crippen LogP contribution in [-0.2, 0) is 11.2 Å². The molecule has 0 unspecified atom stereocenters. The number of carbonyl (C=O) groups excluding carboxylic acids is 2. The topological polar surface area (TPSA) is 46.2 Å². The Kier molecular flexibility index (Phi) is 3.11. The van der Waals surface area contributed by atoms with E-state index in [2.05, 4.69) is 5.32 Å². The molecular weight excluding hydrogens is 250 g/mol. The lowest BCUT2D eigenvalue weighted by Crippen LogP contribution is -2.10. The summed E-state index contributed by atoms with van der Waals surface area (Å²) in [5.74, 6) is -0.0408. The van der Waals surface area contributed by atoms with Gasteiger partial charge in [0.1, 0.15) is 0 Å². The lowest BCUT2D eigenvalue weighted by Gasteiger charge is -2.12. The van der Waals surface area contributed by atoms with Crippen LogP contribution in [0.2, 0.25) is 0 Å². The zero-order valence-corrected chi connectivity index (χ0v) is 11.3. The van der Waals surface area contributed by atoms with Gasteiger partial charge in [0.15, 0.2) is 5.78 Å². The maximum absolute atomic E-state index is 12.1. The number of benzene rings is 2. The van der Waals surface area contributed by atoms with Crippen LogP contribution in [0, 0.1) is 0 Å². The number of rotatable bonds is 2. The summed E-state index contributed by atoms with van der Waals surface area (Å²) in [7, 11) is 0. The van der Waals surface area contributed by atoms with Crippen molar-refractivity contribution in [1.82, 2.24) is 0 Å². The summed E-state index contributed by atoms with van der Waals surface area (Å²) in [5.41, 5.74) is 4.55. The lowest BCUT2D eigenvalue weighted by atomic mass is 9.95. The molecule has 20 heavy (non-hydrogen) atoms. The molecule has 0 fully saturated rings. The highest BCUT2D eigenvalue weighted by atomic mass is 16.1. The van der Waals surface area contributed by atoms with Gasteiger partial charge in [-0.1, -0.05) is 36.4 Å². The van der Waals surface area contributed by atoms with Crippen LogP contribution >= 0.6 is 0 Å². The van der Waals surface area contributed by atoms with Gasteiger partial charge in [0, 0.05) is 18.9 Å². The minimum atomic E-state index is -0.153. The minimum Gasteiger partial charge on any atom is -0.326 e. The molecule has 3 nitrogen and oxygen atoms in total. The SMILES string of the molecule is CC(=O)Nc1ccc(-c2ccccc2)c2c1C(=O)CC2. The Morgan fingerprint density at radius 2 is 1.80 bits per heavy atom. The third-order valence-electron chi connectivity index (χ3n) is 3.59. The monoisotopic (exact) mass is 265 g/mol. The van der Waals surface area contributed by atoms with Crippen LogP contribution in [0.3, 0.4) is 0 Å². The van der Waals surface area contributed by atoms with Crippen LogP contribution in [0.25, 0.3) is 11.1 Å². The first-order valence-corrected chi connectivity index (χ1v) is 6.69. The van der Waals surface area contributed by atoms with Gasteiger partial charge in [0.2, 0.25) is 5.91 Å². The van der Waals surface area contributed by atoms with Crippen LogP contribution in [0.5, 0.6) is 0 Å². The highest BCUT2D eigenvalue weighted by molar-refractivity contribution is 6.09. The molecule has 0 radical (unpaired) electrons. The third kappa shape index (κ3) is 2.11. The molecule has 3 rings (SSSR count). The minimum absolute atomic E-state index is 0.113. The summed E-state index contributed by atoms with van der Waals surface area (Å²) in [6.45, 7) is 1.46. The van der Waals surface area contributed by atoms with Crippen LogP contribution in [0.1, 0.15) is 29.3 Å². The van der Waals surface area contributed by atoms with Crippen molar-refractivity contribution >= 4 is 17.4 Å². The van der Waals surface area contributed by atoms with E-state index in [1.165, 1.54) is 6.92 Å². The number of anilines is 1. The largest absolute Gasteiger partial charge is 0.326 e. The Labute approximate surface area is 117 Å². The van der Waals surface area contributed by atoms with E-state index in [0.717, 1.165) is 23.1 Å². The van der Waals surface area contributed by atoms with Crippen molar-refractivity contribution in [2.24, 2.45) is 0 Å². The van der Waals surface area contributed by atoms with Gasteiger partial charge in [0.05, 0.1) is 5.69 Å². The number of nitrogens with one attached hydrogen (secondary N) is 1. The predicted molar refractivity (Wildman–Crippen MR) is 78.8 cm³/mol. The van der Waals surface area contributed by atoms with E-state index >= 15 is 0 Å². The Morgan fingerprint density at radius 1 is 1.05 bits per heavy atom. The fraction of sp³-hybridized carbons (Fsp3) is 0.176. The van der Waals surface area contributed by atoms with Crippen LogP contribution < -0.4 is 5.32 Å². The average Bonchev–Trinajstić information content (AvgIpc) is 2.82. The molecule has 0 heterocycles. The molecule has 1 N–H and O–H groups in total. The van der Waals surface area contributed by atoms with E-state index in [4.69, 9.17) is 0 Å². The van der Waals surface area contributed by atoms with Gasteiger partial charge >= 0.3 is 0 Å². The van der Waals surface area contributed by atoms with E-state index in [1.54, 1.807) is 0 Å². The van der Waals surface area contributed by atoms with Crippen molar-refractivity contribution in [2.45, 2.75) is 19.8 Å². The molecule has 1 aliphatic carbocycles. The second kappa shape index (κ2) is 4.93. The summed E-state index contributed by atoms with van der Waals surface area (Å²) >= 11 is 0. The Balaban J connectivity index is 2.16. The van der Waals surface area contributed by atoms with Gasteiger partial charge in [-0.25, -0.2) is 0 Å². The number of fused-ring (bicyclic) bond motifs is 1. The molecule has 0 bridgehead atoms. The molecule has 1 aliphatic rings. The molecule has 2 aromatic rings. The lowest BCUT2D eigenvalue weighted by molar-refractivity contribution is -0.114. The molecule has 0 saturated carbocycles. The van der Waals surface area contributed by atoms with Gasteiger partial charge in [-0.3, -0.25) is 9.59 Å². The van der Waals surface area contributed by atoms with Crippen molar-refractivity contribution in [1.29, 1.82) is 0 Å². The Morgan fingerprint density at radius 3 is 2.50 bits per heavy atom. The molecular formula is C17H15NO2. The molecule has 1 amide bonds. The fourth-order valence-corrected chi connectivity index (χ4v) is 2.77. The smallest absolute Gasteiger partial charge is 0.221 e. The van der Waals surface area contributed by atoms with E-state index < -0.39 is 0 Å². The molecule has 0 aliphatic heterocycles.